The molecule has 2 rings (SSSR count). The third-order valence-electron chi connectivity index (χ3n) is 3.43. The van der Waals surface area contributed by atoms with Crippen LogP contribution in [0.15, 0.2) is 24.3 Å². The zero-order valence-corrected chi connectivity index (χ0v) is 13.2. The highest BCUT2D eigenvalue weighted by Crippen LogP contribution is 2.24. The number of nitrogens with one attached hydrogen (secondary N) is 2. The van der Waals surface area contributed by atoms with E-state index in [-0.39, 0.29) is 18.4 Å². The lowest BCUT2D eigenvalue weighted by Crippen LogP contribution is -2.45. The standard InChI is InChI=1S/C15H20ClN3O3/c1-22-8-6-17-10-14(20)18-13-5-7-19(15(13)21)12-4-2-3-11(16)9-12/h2-4,9,13,17H,5-8,10H2,1H3,(H,18,20). The van der Waals surface area contributed by atoms with Gasteiger partial charge < -0.3 is 20.3 Å². The minimum Gasteiger partial charge on any atom is -0.383 e. The van der Waals surface area contributed by atoms with Crippen LogP contribution in [0.2, 0.25) is 5.02 Å². The molecule has 0 radical (unpaired) electrons. The normalized spacial score (nSPS) is 17.8. The van der Waals surface area contributed by atoms with Crippen LogP contribution in [-0.2, 0) is 14.3 Å². The Bertz CT molecular complexity index is 539. The highest BCUT2D eigenvalue weighted by Gasteiger charge is 2.33. The van der Waals surface area contributed by atoms with Crippen LogP contribution in [0.4, 0.5) is 5.69 Å². The number of rotatable bonds is 7. The number of hydrogen-bond donors (Lipinski definition) is 2. The Morgan fingerprint density at radius 3 is 3.05 bits per heavy atom. The Labute approximate surface area is 134 Å². The van der Waals surface area contributed by atoms with E-state index in [2.05, 4.69) is 10.6 Å². The van der Waals surface area contributed by atoms with Crippen LogP contribution in [0.25, 0.3) is 0 Å². The third-order valence-corrected chi connectivity index (χ3v) is 3.66. The van der Waals surface area contributed by atoms with Crippen molar-refractivity contribution in [3.63, 3.8) is 0 Å². The molecule has 1 unspecified atom stereocenters. The molecule has 6 nitrogen and oxygen atoms in total. The van der Waals surface area contributed by atoms with Gasteiger partial charge in [-0.3, -0.25) is 9.59 Å². The van der Waals surface area contributed by atoms with E-state index < -0.39 is 6.04 Å². The first-order chi connectivity index (χ1) is 10.6. The molecular weight excluding hydrogens is 306 g/mol. The van der Waals surface area contributed by atoms with Gasteiger partial charge in [0.05, 0.1) is 13.2 Å². The predicted molar refractivity (Wildman–Crippen MR) is 85.1 cm³/mol. The summed E-state index contributed by atoms with van der Waals surface area (Å²) in [6.45, 7) is 1.88. The molecule has 22 heavy (non-hydrogen) atoms. The highest BCUT2D eigenvalue weighted by atomic mass is 35.5. The minimum absolute atomic E-state index is 0.104. The summed E-state index contributed by atoms with van der Waals surface area (Å²) < 4.78 is 4.88. The maximum absolute atomic E-state index is 12.4. The molecule has 1 fully saturated rings. The van der Waals surface area contributed by atoms with E-state index in [1.807, 2.05) is 6.07 Å². The smallest absolute Gasteiger partial charge is 0.249 e. The van der Waals surface area contributed by atoms with Gasteiger partial charge in [-0.1, -0.05) is 17.7 Å². The third kappa shape index (κ3) is 4.43. The zero-order chi connectivity index (χ0) is 15.9. The second-order valence-electron chi connectivity index (χ2n) is 5.05. The fourth-order valence-electron chi connectivity index (χ4n) is 2.34. The van der Waals surface area contributed by atoms with Crippen molar-refractivity contribution in [2.24, 2.45) is 0 Å². The number of halogens is 1. The van der Waals surface area contributed by atoms with E-state index >= 15 is 0 Å². The van der Waals surface area contributed by atoms with Crippen molar-refractivity contribution in [2.75, 3.05) is 38.3 Å². The van der Waals surface area contributed by atoms with E-state index in [0.29, 0.717) is 31.1 Å². The summed E-state index contributed by atoms with van der Waals surface area (Å²) in [5.74, 6) is -0.296. The lowest BCUT2D eigenvalue weighted by atomic mass is 10.2. The van der Waals surface area contributed by atoms with E-state index in [0.717, 1.165) is 5.69 Å². The van der Waals surface area contributed by atoms with E-state index in [1.165, 1.54) is 0 Å². The first-order valence-electron chi connectivity index (χ1n) is 7.18. The second-order valence-corrected chi connectivity index (χ2v) is 5.48. The fraction of sp³-hybridized carbons (Fsp3) is 0.467. The molecule has 1 atom stereocenters. The van der Waals surface area contributed by atoms with Crippen molar-refractivity contribution in [3.05, 3.63) is 29.3 Å². The number of methoxy groups -OCH3 is 1. The van der Waals surface area contributed by atoms with Crippen molar-refractivity contribution in [1.82, 2.24) is 10.6 Å². The first-order valence-corrected chi connectivity index (χ1v) is 7.55. The van der Waals surface area contributed by atoms with E-state index in [4.69, 9.17) is 16.3 Å². The van der Waals surface area contributed by atoms with E-state index in [1.54, 1.807) is 30.2 Å². The van der Waals surface area contributed by atoms with Crippen molar-refractivity contribution < 1.29 is 14.3 Å². The molecule has 1 saturated heterocycles. The topological polar surface area (TPSA) is 70.7 Å². The largest absolute Gasteiger partial charge is 0.383 e. The molecule has 1 heterocycles. The van der Waals surface area contributed by atoms with Crippen LogP contribution >= 0.6 is 11.6 Å². The number of amides is 2. The number of benzene rings is 1. The SMILES string of the molecule is COCCNCC(=O)NC1CCN(c2cccc(Cl)c2)C1=O. The van der Waals surface area contributed by atoms with Crippen LogP contribution in [0.1, 0.15) is 6.42 Å². The molecule has 1 aromatic rings. The molecule has 7 heteroatoms. The Hall–Kier alpha value is -1.63. The lowest BCUT2D eigenvalue weighted by Gasteiger charge is -2.17. The Morgan fingerprint density at radius 1 is 1.50 bits per heavy atom. The molecule has 0 aliphatic carbocycles. The van der Waals surface area contributed by atoms with Gasteiger partial charge in [0.1, 0.15) is 6.04 Å². The van der Waals surface area contributed by atoms with Gasteiger partial charge in [-0.25, -0.2) is 0 Å². The molecule has 2 amide bonds. The summed E-state index contributed by atoms with van der Waals surface area (Å²) >= 11 is 5.95. The molecule has 120 valence electrons. The maximum Gasteiger partial charge on any atom is 0.249 e. The van der Waals surface area contributed by atoms with Gasteiger partial charge in [0, 0.05) is 30.9 Å². The van der Waals surface area contributed by atoms with Gasteiger partial charge in [-0.05, 0) is 24.6 Å². The lowest BCUT2D eigenvalue weighted by molar-refractivity contribution is -0.125. The monoisotopic (exact) mass is 325 g/mol. The first kappa shape index (κ1) is 16.7. The Morgan fingerprint density at radius 2 is 2.32 bits per heavy atom. The number of carbonyl (C=O) groups is 2. The zero-order valence-electron chi connectivity index (χ0n) is 12.5. The molecule has 0 aromatic heterocycles. The van der Waals surface area contributed by atoms with Crippen LogP contribution < -0.4 is 15.5 Å². The second kappa shape index (κ2) is 8.12. The van der Waals surface area contributed by atoms with Gasteiger partial charge in [0.15, 0.2) is 0 Å². The molecule has 0 spiro atoms. The molecule has 1 aliphatic heterocycles. The number of carbonyl (C=O) groups excluding carboxylic acids is 2. The van der Waals surface area contributed by atoms with Gasteiger partial charge in [-0.15, -0.1) is 0 Å². The molecule has 0 saturated carbocycles. The Balaban J connectivity index is 1.85. The fourth-order valence-corrected chi connectivity index (χ4v) is 2.52. The van der Waals surface area contributed by atoms with Crippen LogP contribution in [0.3, 0.4) is 0 Å². The van der Waals surface area contributed by atoms with Crippen LogP contribution in [0.5, 0.6) is 0 Å². The summed E-state index contributed by atoms with van der Waals surface area (Å²) in [7, 11) is 1.60. The summed E-state index contributed by atoms with van der Waals surface area (Å²) in [4.78, 5) is 25.8. The molecule has 2 N–H and O–H groups in total. The maximum atomic E-state index is 12.4. The number of ether oxygens (including phenoxy) is 1. The van der Waals surface area contributed by atoms with Crippen LogP contribution in [0, 0.1) is 0 Å². The average molecular weight is 326 g/mol. The van der Waals surface area contributed by atoms with Crippen molar-refractivity contribution in [2.45, 2.75) is 12.5 Å². The van der Waals surface area contributed by atoms with Crippen LogP contribution in [-0.4, -0.2) is 51.2 Å². The quantitative estimate of drug-likeness (QED) is 0.727. The van der Waals surface area contributed by atoms with Gasteiger partial charge in [0.25, 0.3) is 0 Å². The molecular formula is C15H20ClN3O3. The van der Waals surface area contributed by atoms with Crippen molar-refractivity contribution in [1.29, 1.82) is 0 Å². The van der Waals surface area contributed by atoms with Crippen molar-refractivity contribution in [3.8, 4) is 0 Å². The molecule has 0 bridgehead atoms. The summed E-state index contributed by atoms with van der Waals surface area (Å²) in [6.07, 6.45) is 0.592. The van der Waals surface area contributed by atoms with Gasteiger partial charge >= 0.3 is 0 Å². The summed E-state index contributed by atoms with van der Waals surface area (Å²) in [5.41, 5.74) is 0.757. The Kier molecular flexibility index (Phi) is 6.18. The number of hydrogen-bond acceptors (Lipinski definition) is 4. The highest BCUT2D eigenvalue weighted by molar-refractivity contribution is 6.31. The van der Waals surface area contributed by atoms with E-state index in [9.17, 15) is 9.59 Å². The molecule has 1 aromatic carbocycles. The molecule has 1 aliphatic rings. The number of anilines is 1. The predicted octanol–water partition coefficient (Wildman–Crippen LogP) is 0.798. The van der Waals surface area contributed by atoms with Gasteiger partial charge in [-0.2, -0.15) is 0 Å². The summed E-state index contributed by atoms with van der Waals surface area (Å²) in [6, 6.07) is 6.67. The minimum atomic E-state index is -0.476. The van der Waals surface area contributed by atoms with Gasteiger partial charge in [0.2, 0.25) is 11.8 Å². The van der Waals surface area contributed by atoms with Crippen molar-refractivity contribution >= 4 is 29.1 Å². The average Bonchev–Trinajstić information content (AvgIpc) is 2.85. The number of nitrogens with zero attached hydrogens (tertiary/aromatic N) is 1. The summed E-state index contributed by atoms with van der Waals surface area (Å²) in [5, 5.41) is 6.28.